The number of aryl methyl sites for hydroxylation is 2. The van der Waals surface area contributed by atoms with Crippen molar-refractivity contribution >= 4 is 16.9 Å². The summed E-state index contributed by atoms with van der Waals surface area (Å²) in [6.45, 7) is 8.71. The number of quaternary nitrogens is 1. The average Bonchev–Trinajstić information content (AvgIpc) is 3.26. The van der Waals surface area contributed by atoms with E-state index in [9.17, 15) is 4.79 Å². The highest BCUT2D eigenvalue weighted by Crippen LogP contribution is 2.30. The number of amides is 1. The molecule has 2 heterocycles. The third-order valence-corrected chi connectivity index (χ3v) is 6.00. The number of benzene rings is 1. The minimum absolute atomic E-state index is 0.0126. The van der Waals surface area contributed by atoms with E-state index >= 15 is 0 Å². The van der Waals surface area contributed by atoms with Crippen LogP contribution in [0, 0.1) is 0 Å². The number of furan rings is 1. The SMILES string of the molecule is CC(C)(CNC(=O)Cc1coc2cc3c(cc12)CCC3)[NH+]1CCOCC1. The molecule has 1 amide bonds. The third-order valence-electron chi connectivity index (χ3n) is 6.00. The van der Waals surface area contributed by atoms with Crippen LogP contribution in [0.1, 0.15) is 37.0 Å². The van der Waals surface area contributed by atoms with Crippen LogP contribution in [-0.4, -0.2) is 44.3 Å². The lowest BCUT2D eigenvalue weighted by atomic mass is 10.0. The van der Waals surface area contributed by atoms with Crippen LogP contribution in [0.25, 0.3) is 11.0 Å². The van der Waals surface area contributed by atoms with Gasteiger partial charge in [0.15, 0.2) is 0 Å². The zero-order chi connectivity index (χ0) is 18.1. The molecule has 1 aromatic carbocycles. The number of ether oxygens (including phenoxy) is 1. The molecular weight excluding hydrogens is 328 g/mol. The molecule has 0 radical (unpaired) electrons. The van der Waals surface area contributed by atoms with E-state index in [0.717, 1.165) is 55.7 Å². The molecule has 140 valence electrons. The lowest BCUT2D eigenvalue weighted by Gasteiger charge is -2.37. The number of carbonyl (C=O) groups excluding carboxylic acids is 1. The molecule has 2 N–H and O–H groups in total. The van der Waals surface area contributed by atoms with Gasteiger partial charge in [0.05, 0.1) is 32.4 Å². The smallest absolute Gasteiger partial charge is 0.224 e. The molecule has 0 spiro atoms. The molecule has 1 aliphatic heterocycles. The van der Waals surface area contributed by atoms with E-state index in [1.54, 1.807) is 6.26 Å². The first-order valence-electron chi connectivity index (χ1n) is 9.74. The van der Waals surface area contributed by atoms with Crippen molar-refractivity contribution in [2.24, 2.45) is 0 Å². The van der Waals surface area contributed by atoms with E-state index in [1.807, 2.05) is 0 Å². The summed E-state index contributed by atoms with van der Waals surface area (Å²) in [5, 5.41) is 4.23. The Labute approximate surface area is 154 Å². The first-order chi connectivity index (χ1) is 12.5. The molecule has 1 aliphatic carbocycles. The van der Waals surface area contributed by atoms with Gasteiger partial charge < -0.3 is 19.4 Å². The second-order valence-electron chi connectivity index (χ2n) is 8.28. The Morgan fingerprint density at radius 2 is 1.92 bits per heavy atom. The van der Waals surface area contributed by atoms with Crippen LogP contribution in [0.5, 0.6) is 0 Å². The van der Waals surface area contributed by atoms with E-state index in [2.05, 4.69) is 31.3 Å². The Bertz CT molecular complexity index is 803. The largest absolute Gasteiger partial charge is 0.464 e. The van der Waals surface area contributed by atoms with E-state index in [1.165, 1.54) is 22.4 Å². The van der Waals surface area contributed by atoms with Gasteiger partial charge in [-0.1, -0.05) is 0 Å². The minimum Gasteiger partial charge on any atom is -0.464 e. The molecule has 4 rings (SSSR count). The molecule has 0 atom stereocenters. The van der Waals surface area contributed by atoms with Gasteiger partial charge in [0.1, 0.15) is 24.2 Å². The summed E-state index contributed by atoms with van der Waals surface area (Å²) in [5.41, 5.74) is 4.73. The van der Waals surface area contributed by atoms with E-state index < -0.39 is 0 Å². The summed E-state index contributed by atoms with van der Waals surface area (Å²) < 4.78 is 11.2. The van der Waals surface area contributed by atoms with Crippen molar-refractivity contribution in [3.63, 3.8) is 0 Å². The maximum Gasteiger partial charge on any atom is 0.224 e. The summed E-state index contributed by atoms with van der Waals surface area (Å²) in [6, 6.07) is 4.38. The molecule has 26 heavy (non-hydrogen) atoms. The van der Waals surface area contributed by atoms with E-state index in [0.29, 0.717) is 13.0 Å². The van der Waals surface area contributed by atoms with Crippen molar-refractivity contribution in [3.8, 4) is 0 Å². The summed E-state index contributed by atoms with van der Waals surface area (Å²) in [7, 11) is 0. The van der Waals surface area contributed by atoms with E-state index in [-0.39, 0.29) is 11.4 Å². The molecule has 2 aromatic rings. The summed E-state index contributed by atoms with van der Waals surface area (Å²) >= 11 is 0. The van der Waals surface area contributed by atoms with Crippen LogP contribution in [0.4, 0.5) is 0 Å². The van der Waals surface area contributed by atoms with Gasteiger partial charge in [0.2, 0.25) is 5.91 Å². The van der Waals surface area contributed by atoms with Crippen molar-refractivity contribution in [2.75, 3.05) is 32.8 Å². The molecule has 1 fully saturated rings. The Morgan fingerprint density at radius 1 is 1.19 bits per heavy atom. The van der Waals surface area contributed by atoms with Crippen molar-refractivity contribution in [1.82, 2.24) is 5.32 Å². The molecule has 1 saturated heterocycles. The molecule has 0 unspecified atom stereocenters. The highest BCUT2D eigenvalue weighted by atomic mass is 16.5. The fraction of sp³-hybridized carbons (Fsp3) is 0.571. The van der Waals surface area contributed by atoms with Gasteiger partial charge in [-0.2, -0.15) is 0 Å². The molecule has 5 nitrogen and oxygen atoms in total. The standard InChI is InChI=1S/C21H28N2O3/c1-21(2,23-6-8-25-9-7-23)14-22-20(24)12-17-13-26-19-11-16-5-3-4-15(16)10-18(17)19/h10-11,13H,3-9,12,14H2,1-2H3,(H,22,24)/p+1. The molecule has 5 heteroatoms. The van der Waals surface area contributed by atoms with Gasteiger partial charge in [-0.15, -0.1) is 0 Å². The van der Waals surface area contributed by atoms with Gasteiger partial charge in [-0.3, -0.25) is 4.79 Å². The Balaban J connectivity index is 1.39. The van der Waals surface area contributed by atoms with Crippen LogP contribution in [0.15, 0.2) is 22.8 Å². The summed E-state index contributed by atoms with van der Waals surface area (Å²) in [5.74, 6) is 0.0638. The molecule has 2 aliphatic rings. The second kappa shape index (κ2) is 7.05. The Hall–Kier alpha value is -1.85. The van der Waals surface area contributed by atoms with Crippen molar-refractivity contribution in [2.45, 2.75) is 45.1 Å². The van der Waals surface area contributed by atoms with Crippen LogP contribution in [-0.2, 0) is 28.8 Å². The highest BCUT2D eigenvalue weighted by Gasteiger charge is 2.32. The van der Waals surface area contributed by atoms with Crippen LogP contribution in [0.3, 0.4) is 0 Å². The van der Waals surface area contributed by atoms with Crippen LogP contribution >= 0.6 is 0 Å². The summed E-state index contributed by atoms with van der Waals surface area (Å²) in [4.78, 5) is 14.0. The minimum atomic E-state index is 0.0126. The second-order valence-corrected chi connectivity index (χ2v) is 8.28. The monoisotopic (exact) mass is 357 g/mol. The lowest BCUT2D eigenvalue weighted by Crippen LogP contribution is -3.22. The number of nitrogens with one attached hydrogen (secondary N) is 2. The van der Waals surface area contributed by atoms with Crippen molar-refractivity contribution < 1.29 is 18.8 Å². The topological polar surface area (TPSA) is 55.9 Å². The zero-order valence-corrected chi connectivity index (χ0v) is 15.8. The number of morpholine rings is 1. The average molecular weight is 357 g/mol. The zero-order valence-electron chi connectivity index (χ0n) is 15.8. The molecule has 0 saturated carbocycles. The van der Waals surface area contributed by atoms with Gasteiger partial charge in [-0.05, 0) is 56.4 Å². The maximum atomic E-state index is 12.5. The predicted octanol–water partition coefficient (Wildman–Crippen LogP) is 1.27. The number of carbonyl (C=O) groups is 1. The lowest BCUT2D eigenvalue weighted by molar-refractivity contribution is -0.954. The number of fused-ring (bicyclic) bond motifs is 2. The number of hydrogen-bond acceptors (Lipinski definition) is 3. The maximum absolute atomic E-state index is 12.5. The molecule has 1 aromatic heterocycles. The Morgan fingerprint density at radius 3 is 2.69 bits per heavy atom. The van der Waals surface area contributed by atoms with Crippen molar-refractivity contribution in [1.29, 1.82) is 0 Å². The van der Waals surface area contributed by atoms with Gasteiger partial charge in [0, 0.05) is 10.9 Å². The predicted molar refractivity (Wildman–Crippen MR) is 101 cm³/mol. The molecular formula is C21H29N2O3+. The first kappa shape index (κ1) is 17.6. The van der Waals surface area contributed by atoms with Crippen molar-refractivity contribution in [3.05, 3.63) is 35.1 Å². The highest BCUT2D eigenvalue weighted by molar-refractivity contribution is 5.88. The third kappa shape index (κ3) is 3.51. The van der Waals surface area contributed by atoms with Gasteiger partial charge in [-0.25, -0.2) is 0 Å². The summed E-state index contributed by atoms with van der Waals surface area (Å²) in [6.07, 6.45) is 5.62. The first-order valence-corrected chi connectivity index (χ1v) is 9.74. The quantitative estimate of drug-likeness (QED) is 0.847. The fourth-order valence-electron chi connectivity index (χ4n) is 4.26. The van der Waals surface area contributed by atoms with Gasteiger partial charge in [0.25, 0.3) is 0 Å². The fourth-order valence-corrected chi connectivity index (χ4v) is 4.26. The number of rotatable bonds is 5. The van der Waals surface area contributed by atoms with Gasteiger partial charge >= 0.3 is 0 Å². The normalized spacial score (nSPS) is 18.2. The van der Waals surface area contributed by atoms with Crippen LogP contribution < -0.4 is 10.2 Å². The molecule has 0 bridgehead atoms. The van der Waals surface area contributed by atoms with E-state index in [4.69, 9.17) is 9.15 Å². The number of hydrogen-bond donors (Lipinski definition) is 2. The Kier molecular flexibility index (Phi) is 4.76. The van der Waals surface area contributed by atoms with Crippen LogP contribution in [0.2, 0.25) is 0 Å².